The third-order valence-corrected chi connectivity index (χ3v) is 3.03. The first kappa shape index (κ1) is 14.0. The minimum Gasteiger partial charge on any atom is -0.460 e. The van der Waals surface area contributed by atoms with E-state index in [1.165, 1.54) is 11.8 Å². The van der Waals surface area contributed by atoms with Crippen LogP contribution in [0.3, 0.4) is 0 Å². The number of aromatic nitrogens is 3. The van der Waals surface area contributed by atoms with Crippen LogP contribution in [0.25, 0.3) is 0 Å². The summed E-state index contributed by atoms with van der Waals surface area (Å²) in [5.74, 6) is 1.34. The molecule has 0 N–H and O–H groups in total. The van der Waals surface area contributed by atoms with E-state index >= 15 is 0 Å². The van der Waals surface area contributed by atoms with E-state index in [1.54, 1.807) is 0 Å². The number of ether oxygens (including phenoxy) is 1. The highest BCUT2D eigenvalue weighted by molar-refractivity contribution is 7.99. The molecule has 1 aromatic heterocycles. The smallest absolute Gasteiger partial charge is 0.307 e. The fourth-order valence-corrected chi connectivity index (χ4v) is 2.01. The predicted octanol–water partition coefficient (Wildman–Crippen LogP) is 1.95. The van der Waals surface area contributed by atoms with Gasteiger partial charge in [-0.2, -0.15) is 0 Å². The SMILES string of the molecule is Cc1nnc(SCCC(=O)OC(C)(C)C)n1C. The van der Waals surface area contributed by atoms with Crippen LogP contribution in [0.5, 0.6) is 0 Å². The lowest BCUT2D eigenvalue weighted by Crippen LogP contribution is -2.24. The van der Waals surface area contributed by atoms with Gasteiger partial charge in [0.2, 0.25) is 0 Å². The van der Waals surface area contributed by atoms with Gasteiger partial charge in [-0.15, -0.1) is 10.2 Å². The van der Waals surface area contributed by atoms with Crippen molar-refractivity contribution in [2.75, 3.05) is 5.75 Å². The van der Waals surface area contributed by atoms with Gasteiger partial charge < -0.3 is 9.30 Å². The van der Waals surface area contributed by atoms with Gasteiger partial charge in [0.05, 0.1) is 6.42 Å². The molecule has 0 amide bonds. The van der Waals surface area contributed by atoms with E-state index in [1.807, 2.05) is 39.3 Å². The topological polar surface area (TPSA) is 57.0 Å². The van der Waals surface area contributed by atoms with Crippen molar-refractivity contribution in [2.45, 2.75) is 44.9 Å². The Hall–Kier alpha value is -1.04. The first-order chi connectivity index (χ1) is 7.79. The van der Waals surface area contributed by atoms with Gasteiger partial charge >= 0.3 is 5.97 Å². The summed E-state index contributed by atoms with van der Waals surface area (Å²) in [6, 6.07) is 0. The molecule has 1 rings (SSSR count). The summed E-state index contributed by atoms with van der Waals surface area (Å²) in [7, 11) is 1.91. The predicted molar refractivity (Wildman–Crippen MR) is 66.9 cm³/mol. The van der Waals surface area contributed by atoms with Crippen molar-refractivity contribution in [3.05, 3.63) is 5.82 Å². The minimum absolute atomic E-state index is 0.177. The average molecular weight is 257 g/mol. The van der Waals surface area contributed by atoms with Crippen molar-refractivity contribution in [2.24, 2.45) is 7.05 Å². The molecule has 0 saturated carbocycles. The van der Waals surface area contributed by atoms with E-state index in [-0.39, 0.29) is 5.97 Å². The molecule has 0 aliphatic carbocycles. The average Bonchev–Trinajstić information content (AvgIpc) is 2.46. The summed E-state index contributed by atoms with van der Waals surface area (Å²) < 4.78 is 7.12. The lowest BCUT2D eigenvalue weighted by Gasteiger charge is -2.19. The number of carbonyl (C=O) groups excluding carboxylic acids is 1. The third-order valence-electron chi connectivity index (χ3n) is 2.01. The summed E-state index contributed by atoms with van der Waals surface area (Å²) in [5.41, 5.74) is -0.414. The van der Waals surface area contributed by atoms with Crippen LogP contribution in [0, 0.1) is 6.92 Å². The van der Waals surface area contributed by atoms with E-state index in [9.17, 15) is 4.79 Å². The molecule has 0 spiro atoms. The summed E-state index contributed by atoms with van der Waals surface area (Å²) in [6.45, 7) is 7.49. The van der Waals surface area contributed by atoms with Crippen molar-refractivity contribution in [3.63, 3.8) is 0 Å². The Morgan fingerprint density at radius 3 is 2.53 bits per heavy atom. The Morgan fingerprint density at radius 1 is 1.41 bits per heavy atom. The molecule has 0 aliphatic heterocycles. The summed E-state index contributed by atoms with van der Waals surface area (Å²) in [5, 5.41) is 8.78. The van der Waals surface area contributed by atoms with Gasteiger partial charge in [-0.1, -0.05) is 11.8 Å². The largest absolute Gasteiger partial charge is 0.460 e. The monoisotopic (exact) mass is 257 g/mol. The van der Waals surface area contributed by atoms with Gasteiger partial charge in [-0.3, -0.25) is 4.79 Å². The molecule has 0 radical (unpaired) electrons. The number of hydrogen-bond donors (Lipinski definition) is 0. The first-order valence-electron chi connectivity index (χ1n) is 5.50. The first-order valence-corrected chi connectivity index (χ1v) is 6.49. The zero-order chi connectivity index (χ0) is 13.1. The second-order valence-corrected chi connectivity index (χ2v) is 5.84. The molecule has 96 valence electrons. The summed E-state index contributed by atoms with van der Waals surface area (Å²) >= 11 is 1.51. The second-order valence-electron chi connectivity index (χ2n) is 4.77. The van der Waals surface area contributed by atoms with Gasteiger partial charge in [0, 0.05) is 12.8 Å². The van der Waals surface area contributed by atoms with Crippen LogP contribution in [-0.4, -0.2) is 32.1 Å². The van der Waals surface area contributed by atoms with E-state index in [0.29, 0.717) is 12.2 Å². The second kappa shape index (κ2) is 5.53. The van der Waals surface area contributed by atoms with E-state index in [0.717, 1.165) is 11.0 Å². The fourth-order valence-electron chi connectivity index (χ4n) is 1.13. The van der Waals surface area contributed by atoms with Crippen LogP contribution in [0.4, 0.5) is 0 Å². The van der Waals surface area contributed by atoms with Crippen molar-refractivity contribution < 1.29 is 9.53 Å². The molecule has 0 atom stereocenters. The number of esters is 1. The number of carbonyl (C=O) groups is 1. The highest BCUT2D eigenvalue weighted by Crippen LogP contribution is 2.17. The lowest BCUT2D eigenvalue weighted by atomic mass is 10.2. The number of aryl methyl sites for hydroxylation is 1. The number of hydrogen-bond acceptors (Lipinski definition) is 5. The van der Waals surface area contributed by atoms with Crippen LogP contribution in [0.1, 0.15) is 33.0 Å². The highest BCUT2D eigenvalue weighted by Gasteiger charge is 2.16. The molecular formula is C11H19N3O2S. The molecule has 0 aromatic carbocycles. The summed E-state index contributed by atoms with van der Waals surface area (Å²) in [4.78, 5) is 11.5. The summed E-state index contributed by atoms with van der Waals surface area (Å²) in [6.07, 6.45) is 0.383. The lowest BCUT2D eigenvalue weighted by molar-refractivity contribution is -0.154. The number of thioether (sulfide) groups is 1. The molecule has 0 unspecified atom stereocenters. The zero-order valence-electron chi connectivity index (χ0n) is 11.0. The molecule has 5 nitrogen and oxygen atoms in total. The third kappa shape index (κ3) is 4.77. The van der Waals surface area contributed by atoms with Crippen LogP contribution >= 0.6 is 11.8 Å². The Labute approximate surface area is 106 Å². The Kier molecular flexibility index (Phi) is 4.56. The van der Waals surface area contributed by atoms with Gasteiger partial charge in [0.25, 0.3) is 0 Å². The quantitative estimate of drug-likeness (QED) is 0.609. The highest BCUT2D eigenvalue weighted by atomic mass is 32.2. The molecule has 1 heterocycles. The van der Waals surface area contributed by atoms with Gasteiger partial charge in [0.1, 0.15) is 11.4 Å². The van der Waals surface area contributed by atoms with E-state index in [4.69, 9.17) is 4.74 Å². The molecule has 6 heteroatoms. The van der Waals surface area contributed by atoms with Crippen LogP contribution in [0.2, 0.25) is 0 Å². The minimum atomic E-state index is -0.414. The Balaban J connectivity index is 2.34. The van der Waals surface area contributed by atoms with Crippen LogP contribution < -0.4 is 0 Å². The maximum atomic E-state index is 11.5. The van der Waals surface area contributed by atoms with Crippen LogP contribution in [0.15, 0.2) is 5.16 Å². The Morgan fingerprint density at radius 2 is 2.06 bits per heavy atom. The van der Waals surface area contributed by atoms with E-state index < -0.39 is 5.60 Å². The molecule has 0 saturated heterocycles. The van der Waals surface area contributed by atoms with Gasteiger partial charge in [0.15, 0.2) is 5.16 Å². The standard InChI is InChI=1S/C11H19N3O2S/c1-8-12-13-10(14(8)5)17-7-6-9(15)16-11(2,3)4/h6-7H2,1-5H3. The number of nitrogens with zero attached hydrogens (tertiary/aromatic N) is 3. The van der Waals surface area contributed by atoms with Crippen LogP contribution in [-0.2, 0) is 16.6 Å². The van der Waals surface area contributed by atoms with Crippen molar-refractivity contribution in [1.82, 2.24) is 14.8 Å². The molecule has 17 heavy (non-hydrogen) atoms. The molecule has 1 aromatic rings. The van der Waals surface area contributed by atoms with Crippen molar-refractivity contribution >= 4 is 17.7 Å². The zero-order valence-corrected chi connectivity index (χ0v) is 11.8. The maximum Gasteiger partial charge on any atom is 0.307 e. The fraction of sp³-hybridized carbons (Fsp3) is 0.727. The molecule has 0 aliphatic rings. The van der Waals surface area contributed by atoms with Crippen molar-refractivity contribution in [1.29, 1.82) is 0 Å². The van der Waals surface area contributed by atoms with Gasteiger partial charge in [-0.25, -0.2) is 0 Å². The molecule has 0 fully saturated rings. The van der Waals surface area contributed by atoms with Crippen molar-refractivity contribution in [3.8, 4) is 0 Å². The molecular weight excluding hydrogens is 238 g/mol. The Bertz CT molecular complexity index is 396. The normalized spacial score (nSPS) is 11.6. The number of rotatable bonds is 4. The maximum absolute atomic E-state index is 11.5. The van der Waals surface area contributed by atoms with Gasteiger partial charge in [-0.05, 0) is 27.7 Å². The van der Waals surface area contributed by atoms with E-state index in [2.05, 4.69) is 10.2 Å². The molecule has 0 bridgehead atoms.